The third kappa shape index (κ3) is 43.9. The molecule has 0 aromatic carbocycles. The number of ether oxygens (including phenoxy) is 2. The minimum Gasteiger partial charge on any atom is -0.462 e. The molecular formula is C47H91NO8P+. The molecule has 0 saturated heterocycles. The van der Waals surface area contributed by atoms with Gasteiger partial charge in [-0.3, -0.25) is 18.6 Å². The van der Waals surface area contributed by atoms with Crippen molar-refractivity contribution in [1.82, 2.24) is 0 Å². The van der Waals surface area contributed by atoms with Crippen molar-refractivity contribution in [3.8, 4) is 0 Å². The van der Waals surface area contributed by atoms with Gasteiger partial charge in [-0.25, -0.2) is 4.57 Å². The molecule has 0 aromatic heterocycles. The van der Waals surface area contributed by atoms with Gasteiger partial charge in [0.2, 0.25) is 0 Å². The van der Waals surface area contributed by atoms with Crippen molar-refractivity contribution in [2.45, 2.75) is 219 Å². The first kappa shape index (κ1) is 55.5. The molecule has 1 N–H and O–H groups in total. The molecule has 57 heavy (non-hydrogen) atoms. The maximum atomic E-state index is 12.7. The van der Waals surface area contributed by atoms with Crippen molar-refractivity contribution in [1.29, 1.82) is 0 Å². The zero-order valence-corrected chi connectivity index (χ0v) is 38.7. The fraction of sp³-hybridized carbons (Fsp3) is 0.872. The summed E-state index contributed by atoms with van der Waals surface area (Å²) in [4.78, 5) is 35.4. The molecule has 10 heteroatoms. The molecule has 0 fully saturated rings. The number of esters is 2. The second-order valence-corrected chi connectivity index (χ2v) is 18.6. The molecule has 0 aliphatic heterocycles. The number of phosphoric acid groups is 1. The third-order valence-corrected chi connectivity index (χ3v) is 11.2. The van der Waals surface area contributed by atoms with Gasteiger partial charge in [0.1, 0.15) is 19.8 Å². The van der Waals surface area contributed by atoms with Crippen LogP contribution in [0.4, 0.5) is 0 Å². The number of nitrogens with zero attached hydrogens (tertiary/aromatic N) is 1. The summed E-state index contributed by atoms with van der Waals surface area (Å²) in [5.41, 5.74) is 0. The van der Waals surface area contributed by atoms with Crippen molar-refractivity contribution in [3.05, 3.63) is 24.3 Å². The topological polar surface area (TPSA) is 108 Å². The maximum absolute atomic E-state index is 12.7. The van der Waals surface area contributed by atoms with Gasteiger partial charge in [-0.15, -0.1) is 0 Å². The van der Waals surface area contributed by atoms with Gasteiger partial charge in [-0.05, 0) is 38.5 Å². The second-order valence-electron chi connectivity index (χ2n) is 17.1. The van der Waals surface area contributed by atoms with Gasteiger partial charge < -0.3 is 18.9 Å². The number of quaternary nitrogens is 1. The molecule has 0 spiro atoms. The number of carbonyl (C=O) groups is 2. The van der Waals surface area contributed by atoms with Crippen LogP contribution in [0.5, 0.6) is 0 Å². The van der Waals surface area contributed by atoms with Gasteiger partial charge >= 0.3 is 19.8 Å². The Kier molecular flexibility index (Phi) is 38.9. The average Bonchev–Trinajstić information content (AvgIpc) is 3.16. The fourth-order valence-corrected chi connectivity index (χ4v) is 7.27. The molecule has 0 saturated carbocycles. The predicted molar refractivity (Wildman–Crippen MR) is 238 cm³/mol. The molecule has 0 bridgehead atoms. The van der Waals surface area contributed by atoms with E-state index < -0.39 is 26.5 Å². The largest absolute Gasteiger partial charge is 0.472 e. The van der Waals surface area contributed by atoms with E-state index in [4.69, 9.17) is 18.5 Å². The summed E-state index contributed by atoms with van der Waals surface area (Å²) in [6.45, 7) is 4.37. The number of hydrogen-bond acceptors (Lipinski definition) is 7. The molecule has 0 rings (SSSR count). The summed E-state index contributed by atoms with van der Waals surface area (Å²) in [6, 6.07) is 0. The Morgan fingerprint density at radius 1 is 0.544 bits per heavy atom. The monoisotopic (exact) mass is 829 g/mol. The van der Waals surface area contributed by atoms with E-state index in [1.54, 1.807) is 0 Å². The van der Waals surface area contributed by atoms with Crippen LogP contribution in [0.3, 0.4) is 0 Å². The molecule has 336 valence electrons. The van der Waals surface area contributed by atoms with Crippen LogP contribution in [0.2, 0.25) is 0 Å². The van der Waals surface area contributed by atoms with E-state index in [1.165, 1.54) is 116 Å². The SMILES string of the molecule is CCC/C=C\C/C=C\CCCCCCCC(=O)OC(COC(=O)CCCCCCCCCCCCCCCCCCCCCC)COP(=O)(O)OCC[N+](C)(C)C. The molecule has 0 aliphatic rings. The molecule has 9 nitrogen and oxygen atoms in total. The van der Waals surface area contributed by atoms with Crippen molar-refractivity contribution < 1.29 is 42.1 Å². The lowest BCUT2D eigenvalue weighted by Gasteiger charge is -2.24. The van der Waals surface area contributed by atoms with Crippen LogP contribution in [-0.2, 0) is 32.7 Å². The Morgan fingerprint density at radius 2 is 0.982 bits per heavy atom. The van der Waals surface area contributed by atoms with Crippen LogP contribution in [-0.4, -0.2) is 74.9 Å². The lowest BCUT2D eigenvalue weighted by molar-refractivity contribution is -0.870. The first-order chi connectivity index (χ1) is 27.5. The molecule has 0 aromatic rings. The van der Waals surface area contributed by atoms with E-state index in [1.807, 2.05) is 21.1 Å². The highest BCUT2D eigenvalue weighted by Gasteiger charge is 2.27. The van der Waals surface area contributed by atoms with E-state index in [0.29, 0.717) is 23.9 Å². The van der Waals surface area contributed by atoms with Gasteiger partial charge in [-0.1, -0.05) is 186 Å². The summed E-state index contributed by atoms with van der Waals surface area (Å²) >= 11 is 0. The molecular weight excluding hydrogens is 737 g/mol. The van der Waals surface area contributed by atoms with Crippen molar-refractivity contribution in [2.24, 2.45) is 0 Å². The van der Waals surface area contributed by atoms with E-state index in [0.717, 1.165) is 64.2 Å². The Morgan fingerprint density at radius 3 is 1.46 bits per heavy atom. The van der Waals surface area contributed by atoms with E-state index in [9.17, 15) is 19.0 Å². The maximum Gasteiger partial charge on any atom is 0.472 e. The highest BCUT2D eigenvalue weighted by Crippen LogP contribution is 2.43. The quantitative estimate of drug-likeness (QED) is 0.0213. The van der Waals surface area contributed by atoms with Crippen molar-refractivity contribution in [3.63, 3.8) is 0 Å². The standard InChI is InChI=1S/C47H90NO8P/c1-6-8-10-12-14-16-18-20-21-22-23-24-25-26-28-29-31-33-35-37-39-46(49)53-43-45(44-55-57(51,52)54-42-41-48(3,4)5)56-47(50)40-38-36-34-32-30-27-19-17-15-13-11-9-7-2/h11,13,17,19,45H,6-10,12,14-16,18,20-44H2,1-5H3/p+1/b13-11-,19-17-. The highest BCUT2D eigenvalue weighted by molar-refractivity contribution is 7.47. The third-order valence-electron chi connectivity index (χ3n) is 10.2. The second kappa shape index (κ2) is 39.9. The number of hydrogen-bond donors (Lipinski definition) is 1. The molecule has 0 radical (unpaired) electrons. The number of carbonyl (C=O) groups excluding carboxylic acids is 2. The Balaban J connectivity index is 4.24. The summed E-state index contributed by atoms with van der Waals surface area (Å²) in [5.74, 6) is -0.806. The summed E-state index contributed by atoms with van der Waals surface area (Å²) in [5, 5.41) is 0. The molecule has 2 atom stereocenters. The average molecular weight is 829 g/mol. The molecule has 0 heterocycles. The first-order valence-electron chi connectivity index (χ1n) is 23.6. The van der Waals surface area contributed by atoms with Crippen LogP contribution < -0.4 is 0 Å². The van der Waals surface area contributed by atoms with Crippen LogP contribution in [0.1, 0.15) is 213 Å². The first-order valence-corrected chi connectivity index (χ1v) is 25.1. The molecule has 2 unspecified atom stereocenters. The minimum atomic E-state index is -4.38. The van der Waals surface area contributed by atoms with Crippen LogP contribution in [0.25, 0.3) is 0 Å². The molecule has 0 aliphatic carbocycles. The number of unbranched alkanes of at least 4 members (excludes halogenated alkanes) is 25. The minimum absolute atomic E-state index is 0.0306. The van der Waals surface area contributed by atoms with Gasteiger partial charge in [-0.2, -0.15) is 0 Å². The Bertz CT molecular complexity index is 1030. The summed E-state index contributed by atoms with van der Waals surface area (Å²) < 4.78 is 34.3. The van der Waals surface area contributed by atoms with Gasteiger partial charge in [0.05, 0.1) is 27.7 Å². The lowest BCUT2D eigenvalue weighted by Crippen LogP contribution is -2.37. The predicted octanol–water partition coefficient (Wildman–Crippen LogP) is 13.5. The summed E-state index contributed by atoms with van der Waals surface area (Å²) in [6.07, 6.45) is 43.7. The van der Waals surface area contributed by atoms with Crippen molar-refractivity contribution >= 4 is 19.8 Å². The lowest BCUT2D eigenvalue weighted by atomic mass is 10.0. The van der Waals surface area contributed by atoms with Crippen molar-refractivity contribution in [2.75, 3.05) is 47.5 Å². The zero-order chi connectivity index (χ0) is 42.1. The Hall–Kier alpha value is -1.51. The van der Waals surface area contributed by atoms with E-state index >= 15 is 0 Å². The van der Waals surface area contributed by atoms with Gasteiger partial charge in [0, 0.05) is 12.8 Å². The number of rotatable bonds is 43. The van der Waals surface area contributed by atoms with Gasteiger partial charge in [0.15, 0.2) is 6.10 Å². The fourth-order valence-electron chi connectivity index (χ4n) is 6.52. The number of phosphoric ester groups is 1. The smallest absolute Gasteiger partial charge is 0.462 e. The number of allylic oxidation sites excluding steroid dienone is 4. The van der Waals surface area contributed by atoms with Crippen LogP contribution >= 0.6 is 7.82 Å². The Labute approximate surface area is 351 Å². The van der Waals surface area contributed by atoms with Crippen LogP contribution in [0.15, 0.2) is 24.3 Å². The number of likely N-dealkylation sites (N-methyl/N-ethyl adjacent to an activating group) is 1. The van der Waals surface area contributed by atoms with E-state index in [2.05, 4.69) is 38.2 Å². The van der Waals surface area contributed by atoms with Gasteiger partial charge in [0.25, 0.3) is 0 Å². The summed E-state index contributed by atoms with van der Waals surface area (Å²) in [7, 11) is 1.47. The zero-order valence-electron chi connectivity index (χ0n) is 37.8. The van der Waals surface area contributed by atoms with E-state index in [-0.39, 0.29) is 25.6 Å². The molecule has 0 amide bonds. The van der Waals surface area contributed by atoms with Crippen LogP contribution in [0, 0.1) is 0 Å². The normalized spacial score (nSPS) is 13.7. The highest BCUT2D eigenvalue weighted by atomic mass is 31.2.